The quantitative estimate of drug-likeness (QED) is 0.843. The molecule has 0 aliphatic heterocycles. The summed E-state index contributed by atoms with van der Waals surface area (Å²) in [5.74, 6) is 0. The fourth-order valence-electron chi connectivity index (χ4n) is 2.53. The van der Waals surface area contributed by atoms with Gasteiger partial charge in [-0.1, -0.05) is 39.7 Å². The molecule has 1 atom stereocenters. The number of rotatable bonds is 5. The van der Waals surface area contributed by atoms with Crippen LogP contribution in [0, 0.1) is 13.8 Å². The second-order valence-electron chi connectivity index (χ2n) is 5.22. The van der Waals surface area contributed by atoms with Crippen LogP contribution >= 0.6 is 27.5 Å². The van der Waals surface area contributed by atoms with Crippen molar-refractivity contribution in [3.05, 3.63) is 50.2 Å². The van der Waals surface area contributed by atoms with Gasteiger partial charge in [0, 0.05) is 23.5 Å². The van der Waals surface area contributed by atoms with Crippen molar-refractivity contribution in [2.45, 2.75) is 39.8 Å². The van der Waals surface area contributed by atoms with Crippen molar-refractivity contribution in [2.24, 2.45) is 0 Å². The fourth-order valence-corrected chi connectivity index (χ4v) is 2.99. The van der Waals surface area contributed by atoms with Crippen molar-refractivity contribution in [2.75, 3.05) is 7.05 Å². The number of hydrogen-bond acceptors (Lipinski definition) is 2. The van der Waals surface area contributed by atoms with Crippen LogP contribution in [-0.2, 0) is 13.0 Å². The average molecular weight is 371 g/mol. The number of halogens is 2. The van der Waals surface area contributed by atoms with Gasteiger partial charge in [-0.05, 0) is 45.0 Å². The third kappa shape index (κ3) is 3.50. The maximum Gasteiger partial charge on any atom is 0.0847 e. The van der Waals surface area contributed by atoms with Gasteiger partial charge in [-0.2, -0.15) is 5.10 Å². The molecule has 3 nitrogen and oxygen atoms in total. The molecule has 0 fully saturated rings. The summed E-state index contributed by atoms with van der Waals surface area (Å²) in [7, 11) is 1.98. The molecule has 0 aliphatic carbocycles. The Labute approximate surface area is 139 Å². The highest BCUT2D eigenvalue weighted by molar-refractivity contribution is 9.10. The largest absolute Gasteiger partial charge is 0.313 e. The molecule has 21 heavy (non-hydrogen) atoms. The summed E-state index contributed by atoms with van der Waals surface area (Å²) in [5, 5.41) is 8.66. The molecule has 0 saturated carbocycles. The maximum absolute atomic E-state index is 6.42. The van der Waals surface area contributed by atoms with Crippen LogP contribution in [0.2, 0.25) is 5.02 Å². The molecule has 0 spiro atoms. The highest BCUT2D eigenvalue weighted by Crippen LogP contribution is 2.28. The van der Waals surface area contributed by atoms with Crippen molar-refractivity contribution in [3.8, 4) is 0 Å². The van der Waals surface area contributed by atoms with Crippen LogP contribution in [0.15, 0.2) is 22.7 Å². The summed E-state index contributed by atoms with van der Waals surface area (Å²) in [5.41, 5.74) is 4.49. The first-order valence-corrected chi connectivity index (χ1v) is 8.30. The lowest BCUT2D eigenvalue weighted by molar-refractivity contribution is 0.541. The second-order valence-corrected chi connectivity index (χ2v) is 6.45. The zero-order chi connectivity index (χ0) is 15.6. The molecular formula is C16H21BrClN3. The molecular weight excluding hydrogens is 350 g/mol. The highest BCUT2D eigenvalue weighted by Gasteiger charge is 2.18. The second kappa shape index (κ2) is 6.95. The molecule has 1 unspecified atom stereocenters. The summed E-state index contributed by atoms with van der Waals surface area (Å²) < 4.78 is 3.13. The minimum Gasteiger partial charge on any atom is -0.313 e. The Morgan fingerprint density at radius 3 is 2.67 bits per heavy atom. The Morgan fingerprint density at radius 2 is 2.10 bits per heavy atom. The first-order chi connectivity index (χ1) is 9.97. The van der Waals surface area contributed by atoms with Gasteiger partial charge in [-0.25, -0.2) is 0 Å². The van der Waals surface area contributed by atoms with Crippen molar-refractivity contribution >= 4 is 27.5 Å². The third-order valence-corrected chi connectivity index (χ3v) is 5.16. The van der Waals surface area contributed by atoms with Crippen molar-refractivity contribution in [3.63, 3.8) is 0 Å². The normalized spacial score (nSPS) is 12.7. The van der Waals surface area contributed by atoms with Crippen molar-refractivity contribution in [1.29, 1.82) is 0 Å². The van der Waals surface area contributed by atoms with Crippen molar-refractivity contribution < 1.29 is 0 Å². The topological polar surface area (TPSA) is 29.9 Å². The van der Waals surface area contributed by atoms with Crippen LogP contribution in [0.1, 0.15) is 35.5 Å². The minimum atomic E-state index is 0.218. The van der Waals surface area contributed by atoms with E-state index in [1.165, 1.54) is 11.1 Å². The van der Waals surface area contributed by atoms with Gasteiger partial charge in [0.1, 0.15) is 0 Å². The number of hydrogen-bond donors (Lipinski definition) is 1. The first kappa shape index (κ1) is 16.5. The minimum absolute atomic E-state index is 0.218. The lowest BCUT2D eigenvalue weighted by atomic mass is 10.00. The zero-order valence-electron chi connectivity index (χ0n) is 12.9. The van der Waals surface area contributed by atoms with Crippen LogP contribution in [0.5, 0.6) is 0 Å². The Morgan fingerprint density at radius 1 is 1.38 bits per heavy atom. The summed E-state index contributed by atoms with van der Waals surface area (Å²) >= 11 is 9.97. The summed E-state index contributed by atoms with van der Waals surface area (Å²) in [6.07, 6.45) is 0.824. The van der Waals surface area contributed by atoms with E-state index in [0.717, 1.165) is 33.8 Å². The molecule has 1 heterocycles. The number of aryl methyl sites for hydroxylation is 3. The van der Waals surface area contributed by atoms with E-state index in [1.54, 1.807) is 0 Å². The standard InChI is InChI=1S/C16H21BrClN3/c1-5-21-15(16(18)11(3)20-21)9-14(19-4)12-6-7-13(17)10(2)8-12/h6-8,14,19H,5,9H2,1-4H3. The Bertz CT molecular complexity index is 637. The Kier molecular flexibility index (Phi) is 5.47. The van der Waals surface area contributed by atoms with Crippen LogP contribution in [-0.4, -0.2) is 16.8 Å². The number of likely N-dealkylation sites (N-methyl/N-ethyl adjacent to an activating group) is 1. The Balaban J connectivity index is 2.33. The van der Waals surface area contributed by atoms with Gasteiger partial charge < -0.3 is 5.32 Å². The smallest absolute Gasteiger partial charge is 0.0847 e. The fraction of sp³-hybridized carbons (Fsp3) is 0.438. The molecule has 2 rings (SSSR count). The van der Waals surface area contributed by atoms with E-state index in [2.05, 4.69) is 58.4 Å². The van der Waals surface area contributed by atoms with Gasteiger partial charge >= 0.3 is 0 Å². The molecule has 0 aliphatic rings. The van der Waals surface area contributed by atoms with Gasteiger partial charge in [-0.15, -0.1) is 0 Å². The zero-order valence-corrected chi connectivity index (χ0v) is 15.2. The third-order valence-electron chi connectivity index (χ3n) is 3.78. The van der Waals surface area contributed by atoms with E-state index in [4.69, 9.17) is 11.6 Å². The van der Waals surface area contributed by atoms with Gasteiger partial charge in [0.05, 0.1) is 16.4 Å². The molecule has 1 N–H and O–H groups in total. The summed E-state index contributed by atoms with van der Waals surface area (Å²) in [6.45, 7) is 6.98. The van der Waals surface area contributed by atoms with E-state index < -0.39 is 0 Å². The molecule has 0 radical (unpaired) electrons. The van der Waals surface area contributed by atoms with E-state index in [1.807, 2.05) is 18.7 Å². The lowest BCUT2D eigenvalue weighted by Gasteiger charge is -2.18. The summed E-state index contributed by atoms with van der Waals surface area (Å²) in [4.78, 5) is 0. The molecule has 0 bridgehead atoms. The lowest BCUT2D eigenvalue weighted by Crippen LogP contribution is -2.21. The molecule has 1 aromatic carbocycles. The van der Waals surface area contributed by atoms with Crippen LogP contribution in [0.25, 0.3) is 0 Å². The van der Waals surface area contributed by atoms with Crippen LogP contribution < -0.4 is 5.32 Å². The van der Waals surface area contributed by atoms with E-state index >= 15 is 0 Å². The molecule has 1 aromatic heterocycles. The van der Waals surface area contributed by atoms with Crippen molar-refractivity contribution in [1.82, 2.24) is 15.1 Å². The monoisotopic (exact) mass is 369 g/mol. The summed E-state index contributed by atoms with van der Waals surface area (Å²) in [6, 6.07) is 6.67. The predicted octanol–water partition coefficient (Wildman–Crippen LogP) is 4.44. The molecule has 0 amide bonds. The van der Waals surface area contributed by atoms with Gasteiger partial charge in [-0.3, -0.25) is 4.68 Å². The SMILES string of the molecule is CCn1nc(C)c(Cl)c1CC(NC)c1ccc(Br)c(C)c1. The van der Waals surface area contributed by atoms with Crippen LogP contribution in [0.3, 0.4) is 0 Å². The van der Waals surface area contributed by atoms with E-state index in [0.29, 0.717) is 0 Å². The average Bonchev–Trinajstić information content (AvgIpc) is 2.75. The number of benzene rings is 1. The highest BCUT2D eigenvalue weighted by atomic mass is 79.9. The van der Waals surface area contributed by atoms with E-state index in [-0.39, 0.29) is 6.04 Å². The Hall–Kier alpha value is -0.840. The number of nitrogens with zero attached hydrogens (tertiary/aromatic N) is 2. The maximum atomic E-state index is 6.42. The number of aromatic nitrogens is 2. The molecule has 2 aromatic rings. The van der Waals surface area contributed by atoms with Gasteiger partial charge in [0.25, 0.3) is 0 Å². The molecule has 5 heteroatoms. The van der Waals surface area contributed by atoms with Crippen LogP contribution in [0.4, 0.5) is 0 Å². The predicted molar refractivity (Wildman–Crippen MR) is 92.0 cm³/mol. The molecule has 0 saturated heterocycles. The van der Waals surface area contributed by atoms with Gasteiger partial charge in [0.15, 0.2) is 0 Å². The first-order valence-electron chi connectivity index (χ1n) is 7.13. The number of nitrogens with one attached hydrogen (secondary N) is 1. The van der Waals surface area contributed by atoms with E-state index in [9.17, 15) is 0 Å². The van der Waals surface area contributed by atoms with Gasteiger partial charge in [0.2, 0.25) is 0 Å². The molecule has 114 valence electrons.